The molecule has 5 nitrogen and oxygen atoms in total. The van der Waals surface area contributed by atoms with Gasteiger partial charge in [-0.3, -0.25) is 0 Å². The molecule has 4 unspecified atom stereocenters. The topological polar surface area (TPSA) is 53.6 Å². The van der Waals surface area contributed by atoms with Crippen molar-refractivity contribution in [2.24, 2.45) is 5.92 Å². The number of nitrogens with zero attached hydrogens (tertiary/aromatic N) is 1. The second-order valence-corrected chi connectivity index (χ2v) is 7.56. The van der Waals surface area contributed by atoms with Crippen molar-refractivity contribution in [2.75, 3.05) is 20.1 Å². The molecule has 0 aromatic rings. The number of ether oxygens (including phenoxy) is 1. The van der Waals surface area contributed by atoms with Crippen LogP contribution in [0.3, 0.4) is 0 Å². The smallest absolute Gasteiger partial charge is 0.407 e. The normalized spacial score (nSPS) is 29.0. The number of amides is 1. The number of carbonyl (C=O) groups excluding carboxylic acids is 1. The van der Waals surface area contributed by atoms with Gasteiger partial charge < -0.3 is 20.3 Å². The molecule has 4 atom stereocenters. The van der Waals surface area contributed by atoms with Gasteiger partial charge in [-0.2, -0.15) is 0 Å². The number of alkyl carbamates (subject to hydrolysis) is 1. The molecule has 1 heterocycles. The molecule has 0 radical (unpaired) electrons. The van der Waals surface area contributed by atoms with E-state index in [1.54, 1.807) is 0 Å². The molecule has 0 aromatic heterocycles. The monoisotopic (exact) mass is 299 g/mol. The summed E-state index contributed by atoms with van der Waals surface area (Å²) in [5.74, 6) is 0.625. The number of piperidine rings is 1. The van der Waals surface area contributed by atoms with Gasteiger partial charge in [0, 0.05) is 31.2 Å². The highest BCUT2D eigenvalue weighted by atomic mass is 16.6. The zero-order valence-corrected chi connectivity index (χ0v) is 14.7. The van der Waals surface area contributed by atoms with E-state index in [4.69, 9.17) is 4.74 Å². The van der Waals surface area contributed by atoms with Gasteiger partial charge in [-0.25, -0.2) is 4.79 Å². The Bertz CT molecular complexity index is 341. The third-order valence-corrected chi connectivity index (χ3v) is 4.06. The fraction of sp³-hybridized carbons (Fsp3) is 0.938. The van der Waals surface area contributed by atoms with Crippen molar-refractivity contribution in [1.29, 1.82) is 0 Å². The van der Waals surface area contributed by atoms with Crippen molar-refractivity contribution >= 4 is 6.09 Å². The number of hydrogen-bond acceptors (Lipinski definition) is 4. The van der Waals surface area contributed by atoms with E-state index in [0.29, 0.717) is 18.0 Å². The minimum absolute atomic E-state index is 0.0574. The van der Waals surface area contributed by atoms with Crippen molar-refractivity contribution in [3.63, 3.8) is 0 Å². The summed E-state index contributed by atoms with van der Waals surface area (Å²) in [6.07, 6.45) is 0.804. The first kappa shape index (κ1) is 18.2. The van der Waals surface area contributed by atoms with E-state index in [1.165, 1.54) is 0 Å². The van der Waals surface area contributed by atoms with Crippen molar-refractivity contribution in [2.45, 2.75) is 71.7 Å². The van der Waals surface area contributed by atoms with Crippen LogP contribution in [0.4, 0.5) is 4.79 Å². The average molecular weight is 299 g/mol. The van der Waals surface area contributed by atoms with E-state index >= 15 is 0 Å². The van der Waals surface area contributed by atoms with Crippen molar-refractivity contribution in [3.8, 4) is 0 Å². The quantitative estimate of drug-likeness (QED) is 0.836. The number of hydrogen-bond donors (Lipinski definition) is 2. The number of rotatable bonds is 4. The molecule has 0 saturated carbocycles. The maximum Gasteiger partial charge on any atom is 0.407 e. The van der Waals surface area contributed by atoms with Crippen LogP contribution in [0.25, 0.3) is 0 Å². The van der Waals surface area contributed by atoms with Gasteiger partial charge in [0.2, 0.25) is 0 Å². The summed E-state index contributed by atoms with van der Waals surface area (Å²) in [4.78, 5) is 14.1. The molecule has 2 N–H and O–H groups in total. The summed E-state index contributed by atoms with van der Waals surface area (Å²) < 4.78 is 5.27. The van der Waals surface area contributed by atoms with Crippen LogP contribution in [0, 0.1) is 5.92 Å². The molecule has 0 aliphatic carbocycles. The highest BCUT2D eigenvalue weighted by molar-refractivity contribution is 5.68. The number of likely N-dealkylation sites (tertiary alicyclic amines) is 1. The van der Waals surface area contributed by atoms with E-state index in [9.17, 15) is 4.79 Å². The Hall–Kier alpha value is -0.810. The van der Waals surface area contributed by atoms with Crippen LogP contribution in [0.1, 0.15) is 48.0 Å². The van der Waals surface area contributed by atoms with E-state index in [-0.39, 0.29) is 12.1 Å². The minimum atomic E-state index is -0.449. The zero-order chi connectivity index (χ0) is 16.2. The predicted octanol–water partition coefficient (Wildman–Crippen LogP) is 2.22. The van der Waals surface area contributed by atoms with Crippen LogP contribution < -0.4 is 10.6 Å². The standard InChI is InChI=1S/C16H33N3O2/c1-11-10-19(7)13(3)8-14(11)17-9-12(2)18-15(20)21-16(4,5)6/h11-14,17H,8-10H2,1-7H3,(H,18,20). The highest BCUT2D eigenvalue weighted by Gasteiger charge is 2.28. The molecule has 1 aliphatic heterocycles. The van der Waals surface area contributed by atoms with Crippen molar-refractivity contribution in [1.82, 2.24) is 15.5 Å². The number of nitrogens with one attached hydrogen (secondary N) is 2. The van der Waals surface area contributed by atoms with E-state index in [2.05, 4.69) is 36.4 Å². The zero-order valence-electron chi connectivity index (χ0n) is 14.7. The maximum atomic E-state index is 11.7. The largest absolute Gasteiger partial charge is 0.444 e. The Balaban J connectivity index is 2.32. The average Bonchev–Trinajstić information content (AvgIpc) is 2.29. The molecule has 1 saturated heterocycles. The third-order valence-electron chi connectivity index (χ3n) is 4.06. The van der Waals surface area contributed by atoms with Crippen LogP contribution in [0.2, 0.25) is 0 Å². The van der Waals surface area contributed by atoms with Crippen molar-refractivity contribution < 1.29 is 9.53 Å². The van der Waals surface area contributed by atoms with E-state index in [0.717, 1.165) is 19.5 Å². The van der Waals surface area contributed by atoms with Crippen LogP contribution in [0.5, 0.6) is 0 Å². The van der Waals surface area contributed by atoms with Gasteiger partial charge in [0.25, 0.3) is 0 Å². The molecule has 124 valence electrons. The van der Waals surface area contributed by atoms with Gasteiger partial charge in [0.05, 0.1) is 0 Å². The lowest BCUT2D eigenvalue weighted by atomic mass is 9.90. The molecule has 0 bridgehead atoms. The summed E-state index contributed by atoms with van der Waals surface area (Å²) >= 11 is 0. The van der Waals surface area contributed by atoms with Gasteiger partial charge in [0.1, 0.15) is 5.60 Å². The summed E-state index contributed by atoms with van der Waals surface area (Å²) in [5.41, 5.74) is -0.449. The molecule has 0 aromatic carbocycles. The van der Waals surface area contributed by atoms with E-state index in [1.807, 2.05) is 27.7 Å². The number of carbonyl (C=O) groups is 1. The lowest BCUT2D eigenvalue weighted by Crippen LogP contribution is -2.53. The summed E-state index contributed by atoms with van der Waals surface area (Å²) in [5, 5.41) is 6.47. The lowest BCUT2D eigenvalue weighted by Gasteiger charge is -2.40. The highest BCUT2D eigenvalue weighted by Crippen LogP contribution is 2.20. The first-order valence-corrected chi connectivity index (χ1v) is 8.01. The Labute approximate surface area is 129 Å². The third kappa shape index (κ3) is 6.66. The Kier molecular flexibility index (Phi) is 6.47. The second-order valence-electron chi connectivity index (χ2n) is 7.56. The fourth-order valence-electron chi connectivity index (χ4n) is 2.71. The molecule has 1 fully saturated rings. The summed E-state index contributed by atoms with van der Waals surface area (Å²) in [6.45, 7) is 14.1. The molecule has 1 aliphatic rings. The van der Waals surface area contributed by atoms with Gasteiger partial charge in [0.15, 0.2) is 0 Å². The van der Waals surface area contributed by atoms with Crippen LogP contribution in [-0.4, -0.2) is 54.9 Å². The molecule has 21 heavy (non-hydrogen) atoms. The van der Waals surface area contributed by atoms with Crippen molar-refractivity contribution in [3.05, 3.63) is 0 Å². The molecule has 1 amide bonds. The fourth-order valence-corrected chi connectivity index (χ4v) is 2.71. The van der Waals surface area contributed by atoms with Gasteiger partial charge in [-0.1, -0.05) is 6.92 Å². The minimum Gasteiger partial charge on any atom is -0.444 e. The maximum absolute atomic E-state index is 11.7. The summed E-state index contributed by atoms with van der Waals surface area (Å²) in [7, 11) is 2.18. The second kappa shape index (κ2) is 7.45. The van der Waals surface area contributed by atoms with Gasteiger partial charge in [-0.05, 0) is 54.0 Å². The van der Waals surface area contributed by atoms with Gasteiger partial charge in [-0.15, -0.1) is 0 Å². The lowest BCUT2D eigenvalue weighted by molar-refractivity contribution is 0.0504. The summed E-state index contributed by atoms with van der Waals surface area (Å²) in [6, 6.07) is 1.17. The van der Waals surface area contributed by atoms with Gasteiger partial charge >= 0.3 is 6.09 Å². The molecular weight excluding hydrogens is 266 g/mol. The van der Waals surface area contributed by atoms with E-state index < -0.39 is 5.60 Å². The molecular formula is C16H33N3O2. The predicted molar refractivity (Wildman–Crippen MR) is 86.5 cm³/mol. The molecule has 5 heteroatoms. The Morgan fingerprint density at radius 1 is 1.38 bits per heavy atom. The molecule has 1 rings (SSSR count). The molecule has 0 spiro atoms. The Morgan fingerprint density at radius 2 is 2.00 bits per heavy atom. The Morgan fingerprint density at radius 3 is 2.57 bits per heavy atom. The van der Waals surface area contributed by atoms with Crippen LogP contribution in [-0.2, 0) is 4.74 Å². The SMILES string of the molecule is CC(CNC1CC(C)N(C)CC1C)NC(=O)OC(C)(C)C. The first-order chi connectivity index (χ1) is 9.58. The first-order valence-electron chi connectivity index (χ1n) is 8.01. The van der Waals surface area contributed by atoms with Crippen LogP contribution in [0.15, 0.2) is 0 Å². The van der Waals surface area contributed by atoms with Crippen LogP contribution >= 0.6 is 0 Å².